The van der Waals surface area contributed by atoms with Crippen LogP contribution in [0, 0.1) is 0 Å². The molecule has 0 saturated carbocycles. The molecule has 0 spiro atoms. The lowest BCUT2D eigenvalue weighted by Crippen LogP contribution is -2.23. The molecule has 0 fully saturated rings. The van der Waals surface area contributed by atoms with E-state index in [4.69, 9.17) is 27.9 Å². The van der Waals surface area contributed by atoms with Gasteiger partial charge in [-0.25, -0.2) is 0 Å². The van der Waals surface area contributed by atoms with Gasteiger partial charge in [-0.3, -0.25) is 4.79 Å². The summed E-state index contributed by atoms with van der Waals surface area (Å²) in [6.45, 7) is 3.80. The Hall–Kier alpha value is -1.51. The van der Waals surface area contributed by atoms with E-state index in [1.54, 1.807) is 25.1 Å². The van der Waals surface area contributed by atoms with E-state index in [2.05, 4.69) is 6.92 Å². The second-order valence-corrected chi connectivity index (χ2v) is 5.57. The highest BCUT2D eigenvalue weighted by molar-refractivity contribution is 6.42. The van der Waals surface area contributed by atoms with E-state index in [1.807, 2.05) is 24.3 Å². The van der Waals surface area contributed by atoms with Gasteiger partial charge in [0.15, 0.2) is 6.10 Å². The Balaban J connectivity index is 2.09. The Kier molecular flexibility index (Phi) is 5.27. The molecule has 0 N–H and O–H groups in total. The van der Waals surface area contributed by atoms with Crippen molar-refractivity contribution in [1.29, 1.82) is 0 Å². The quantitative estimate of drug-likeness (QED) is 0.706. The third kappa shape index (κ3) is 3.99. The predicted octanol–water partition coefficient (Wildman–Crippen LogP) is 5.21. The Morgan fingerprint density at radius 3 is 2.33 bits per heavy atom. The van der Waals surface area contributed by atoms with E-state index >= 15 is 0 Å². The summed E-state index contributed by atoms with van der Waals surface area (Å²) in [7, 11) is 0. The first-order valence-corrected chi connectivity index (χ1v) is 7.51. The molecule has 0 saturated heterocycles. The van der Waals surface area contributed by atoms with Crippen LogP contribution in [-0.4, -0.2) is 11.9 Å². The van der Waals surface area contributed by atoms with Crippen molar-refractivity contribution in [3.8, 4) is 5.75 Å². The number of hydrogen-bond donors (Lipinski definition) is 0. The minimum absolute atomic E-state index is 0.0660. The molecule has 1 unspecified atom stereocenters. The van der Waals surface area contributed by atoms with Crippen molar-refractivity contribution in [2.24, 2.45) is 0 Å². The molecule has 0 aliphatic carbocycles. The van der Waals surface area contributed by atoms with Crippen LogP contribution in [0.4, 0.5) is 0 Å². The molecule has 4 heteroatoms. The number of ketones is 1. The van der Waals surface area contributed by atoms with E-state index in [0.717, 1.165) is 6.42 Å². The SMILES string of the molecule is CCc1ccc(C(=O)C(C)Oc2ccc(Cl)c(Cl)c2)cc1. The summed E-state index contributed by atoms with van der Waals surface area (Å²) < 4.78 is 5.63. The van der Waals surface area contributed by atoms with E-state index in [9.17, 15) is 4.79 Å². The van der Waals surface area contributed by atoms with Gasteiger partial charge < -0.3 is 4.74 Å². The number of rotatable bonds is 5. The van der Waals surface area contributed by atoms with Crippen molar-refractivity contribution in [2.75, 3.05) is 0 Å². The number of ether oxygens (including phenoxy) is 1. The Morgan fingerprint density at radius 1 is 1.10 bits per heavy atom. The smallest absolute Gasteiger partial charge is 0.202 e. The summed E-state index contributed by atoms with van der Waals surface area (Å²) in [5, 5.41) is 0.860. The van der Waals surface area contributed by atoms with Gasteiger partial charge in [-0.2, -0.15) is 0 Å². The van der Waals surface area contributed by atoms with Crippen molar-refractivity contribution < 1.29 is 9.53 Å². The number of carbonyl (C=O) groups is 1. The van der Waals surface area contributed by atoms with Gasteiger partial charge in [0.05, 0.1) is 10.0 Å². The van der Waals surface area contributed by atoms with Gasteiger partial charge in [0.1, 0.15) is 5.75 Å². The standard InChI is InChI=1S/C17H16Cl2O2/c1-3-12-4-6-13(7-5-12)17(20)11(2)21-14-8-9-15(18)16(19)10-14/h4-11H,3H2,1-2H3. The van der Waals surface area contributed by atoms with Crippen LogP contribution in [0.1, 0.15) is 29.8 Å². The van der Waals surface area contributed by atoms with Crippen molar-refractivity contribution >= 4 is 29.0 Å². The zero-order chi connectivity index (χ0) is 15.4. The summed E-state index contributed by atoms with van der Waals surface area (Å²) in [5.41, 5.74) is 1.84. The minimum atomic E-state index is -0.588. The maximum absolute atomic E-state index is 12.3. The van der Waals surface area contributed by atoms with E-state index in [-0.39, 0.29) is 5.78 Å². The molecule has 2 aromatic carbocycles. The molecule has 21 heavy (non-hydrogen) atoms. The molecule has 0 aromatic heterocycles. The Bertz CT molecular complexity index is 636. The molecular weight excluding hydrogens is 307 g/mol. The summed E-state index contributed by atoms with van der Waals surface area (Å²) in [6.07, 6.45) is 0.360. The van der Waals surface area contributed by atoms with E-state index < -0.39 is 6.10 Å². The van der Waals surface area contributed by atoms with Crippen LogP contribution in [0.25, 0.3) is 0 Å². The van der Waals surface area contributed by atoms with Crippen LogP contribution < -0.4 is 4.74 Å². The minimum Gasteiger partial charge on any atom is -0.483 e. The average molecular weight is 323 g/mol. The zero-order valence-electron chi connectivity index (χ0n) is 11.9. The number of benzene rings is 2. The fourth-order valence-electron chi connectivity index (χ4n) is 1.95. The summed E-state index contributed by atoms with van der Waals surface area (Å²) >= 11 is 11.8. The first-order chi connectivity index (χ1) is 10.0. The number of carbonyl (C=O) groups excluding carboxylic acids is 1. The molecule has 0 aliphatic rings. The third-order valence-corrected chi connectivity index (χ3v) is 3.96. The van der Waals surface area contributed by atoms with Crippen LogP contribution in [0.5, 0.6) is 5.75 Å². The van der Waals surface area contributed by atoms with Gasteiger partial charge in [0.2, 0.25) is 5.78 Å². The number of halogens is 2. The Labute approximate surface area is 134 Å². The highest BCUT2D eigenvalue weighted by atomic mass is 35.5. The largest absolute Gasteiger partial charge is 0.483 e. The fraction of sp³-hybridized carbons (Fsp3) is 0.235. The normalized spacial score (nSPS) is 12.0. The highest BCUT2D eigenvalue weighted by Gasteiger charge is 2.17. The van der Waals surface area contributed by atoms with Gasteiger partial charge in [-0.05, 0) is 31.0 Å². The summed E-state index contributed by atoms with van der Waals surface area (Å²) in [6, 6.07) is 12.5. The zero-order valence-corrected chi connectivity index (χ0v) is 13.4. The summed E-state index contributed by atoms with van der Waals surface area (Å²) in [4.78, 5) is 12.3. The lowest BCUT2D eigenvalue weighted by Gasteiger charge is -2.14. The van der Waals surface area contributed by atoms with Crippen LogP contribution >= 0.6 is 23.2 Å². The first-order valence-electron chi connectivity index (χ1n) is 6.76. The van der Waals surface area contributed by atoms with E-state index in [0.29, 0.717) is 21.4 Å². The molecule has 0 heterocycles. The molecular formula is C17H16Cl2O2. The van der Waals surface area contributed by atoms with E-state index in [1.165, 1.54) is 5.56 Å². The van der Waals surface area contributed by atoms with Crippen molar-refractivity contribution in [3.63, 3.8) is 0 Å². The number of hydrogen-bond acceptors (Lipinski definition) is 2. The maximum Gasteiger partial charge on any atom is 0.202 e. The number of aryl methyl sites for hydroxylation is 1. The van der Waals surface area contributed by atoms with Crippen LogP contribution in [0.2, 0.25) is 10.0 Å². The lowest BCUT2D eigenvalue weighted by atomic mass is 10.0. The van der Waals surface area contributed by atoms with Gasteiger partial charge in [-0.15, -0.1) is 0 Å². The second-order valence-electron chi connectivity index (χ2n) is 4.75. The molecule has 1 atom stereocenters. The molecule has 0 radical (unpaired) electrons. The third-order valence-electron chi connectivity index (χ3n) is 3.22. The van der Waals surface area contributed by atoms with Gasteiger partial charge >= 0.3 is 0 Å². The van der Waals surface area contributed by atoms with Gasteiger partial charge in [0, 0.05) is 11.6 Å². The molecule has 2 aromatic rings. The average Bonchev–Trinajstić information content (AvgIpc) is 2.50. The van der Waals surface area contributed by atoms with Crippen LogP contribution in [-0.2, 0) is 6.42 Å². The van der Waals surface area contributed by atoms with Crippen LogP contribution in [0.3, 0.4) is 0 Å². The second kappa shape index (κ2) is 6.97. The van der Waals surface area contributed by atoms with Crippen molar-refractivity contribution in [2.45, 2.75) is 26.4 Å². The number of Topliss-reactive ketones (excluding diaryl/α,β-unsaturated/α-hetero) is 1. The van der Waals surface area contributed by atoms with Gasteiger partial charge in [0.25, 0.3) is 0 Å². The predicted molar refractivity (Wildman–Crippen MR) is 86.7 cm³/mol. The fourth-order valence-corrected chi connectivity index (χ4v) is 2.24. The maximum atomic E-state index is 12.3. The first kappa shape index (κ1) is 15.9. The molecule has 2 rings (SSSR count). The van der Waals surface area contributed by atoms with Crippen molar-refractivity contribution in [1.82, 2.24) is 0 Å². The summed E-state index contributed by atoms with van der Waals surface area (Å²) in [5.74, 6) is 0.458. The van der Waals surface area contributed by atoms with Crippen LogP contribution in [0.15, 0.2) is 42.5 Å². The Morgan fingerprint density at radius 2 is 1.76 bits per heavy atom. The monoisotopic (exact) mass is 322 g/mol. The highest BCUT2D eigenvalue weighted by Crippen LogP contribution is 2.27. The lowest BCUT2D eigenvalue weighted by molar-refractivity contribution is 0.0818. The molecule has 0 amide bonds. The van der Waals surface area contributed by atoms with Crippen molar-refractivity contribution in [3.05, 3.63) is 63.6 Å². The molecule has 110 valence electrons. The van der Waals surface area contributed by atoms with Gasteiger partial charge in [-0.1, -0.05) is 54.4 Å². The molecule has 2 nitrogen and oxygen atoms in total. The molecule has 0 bridgehead atoms. The molecule has 0 aliphatic heterocycles. The topological polar surface area (TPSA) is 26.3 Å².